The van der Waals surface area contributed by atoms with Crippen LogP contribution < -0.4 is 5.32 Å². The zero-order chi connectivity index (χ0) is 15.1. The van der Waals surface area contributed by atoms with Gasteiger partial charge in [0, 0.05) is 12.1 Å². The van der Waals surface area contributed by atoms with Crippen molar-refractivity contribution in [2.75, 3.05) is 33.4 Å². The number of alkyl halides is 1. The van der Waals surface area contributed by atoms with E-state index < -0.39 is 6.67 Å². The van der Waals surface area contributed by atoms with Crippen LogP contribution in [0.25, 0.3) is 0 Å². The van der Waals surface area contributed by atoms with Gasteiger partial charge in [0.1, 0.15) is 6.67 Å². The number of halogens is 1. The van der Waals surface area contributed by atoms with Crippen molar-refractivity contribution in [2.45, 2.75) is 25.7 Å². The highest BCUT2D eigenvalue weighted by molar-refractivity contribution is 5.94. The van der Waals surface area contributed by atoms with Crippen LogP contribution in [0.15, 0.2) is 24.3 Å². The molecule has 1 aliphatic heterocycles. The normalized spacial score (nSPS) is 16.9. The fourth-order valence-electron chi connectivity index (χ4n) is 2.85. The Bertz CT molecular complexity index is 456. The van der Waals surface area contributed by atoms with Crippen LogP contribution in [0.4, 0.5) is 4.39 Å². The molecule has 116 valence electrons. The highest BCUT2D eigenvalue weighted by atomic mass is 19.1. The number of hydrogen-bond donors (Lipinski definition) is 1. The van der Waals surface area contributed by atoms with Gasteiger partial charge in [-0.05, 0) is 69.4 Å². The van der Waals surface area contributed by atoms with E-state index in [9.17, 15) is 9.18 Å². The maximum atomic E-state index is 12.1. The van der Waals surface area contributed by atoms with E-state index in [4.69, 9.17) is 0 Å². The van der Waals surface area contributed by atoms with Crippen LogP contribution in [0.1, 0.15) is 35.2 Å². The summed E-state index contributed by atoms with van der Waals surface area (Å²) in [6, 6.07) is 7.70. The smallest absolute Gasteiger partial charge is 0.251 e. The van der Waals surface area contributed by atoms with E-state index in [2.05, 4.69) is 23.3 Å². The number of carbonyl (C=O) groups is 1. The van der Waals surface area contributed by atoms with Crippen LogP contribution in [0.5, 0.6) is 0 Å². The molecule has 1 amide bonds. The topological polar surface area (TPSA) is 32.3 Å². The summed E-state index contributed by atoms with van der Waals surface area (Å²) in [5.41, 5.74) is 1.83. The molecule has 0 saturated carbocycles. The lowest BCUT2D eigenvalue weighted by Crippen LogP contribution is -2.30. The molecule has 3 nitrogen and oxygen atoms in total. The fraction of sp³-hybridized carbons (Fsp3) is 0.588. The Labute approximate surface area is 126 Å². The highest BCUT2D eigenvalue weighted by Crippen LogP contribution is 2.21. The molecule has 0 radical (unpaired) electrons. The van der Waals surface area contributed by atoms with Crippen molar-refractivity contribution in [1.29, 1.82) is 0 Å². The fourth-order valence-corrected chi connectivity index (χ4v) is 2.85. The van der Waals surface area contributed by atoms with Gasteiger partial charge in [-0.2, -0.15) is 0 Å². The van der Waals surface area contributed by atoms with E-state index in [0.29, 0.717) is 5.56 Å². The lowest BCUT2D eigenvalue weighted by Gasteiger charge is -2.28. The third-order valence-corrected chi connectivity index (χ3v) is 4.25. The standard InChI is InChI=1S/C17H25FN2O/c1-20-11-7-14(8-12-20)5-6-15-3-2-4-16(13-15)17(21)19-10-9-18/h2-4,13-14H,5-12H2,1H3,(H,19,21). The van der Waals surface area contributed by atoms with E-state index >= 15 is 0 Å². The van der Waals surface area contributed by atoms with Crippen LogP contribution in [-0.2, 0) is 6.42 Å². The van der Waals surface area contributed by atoms with Crippen LogP contribution in [0, 0.1) is 5.92 Å². The Balaban J connectivity index is 1.84. The summed E-state index contributed by atoms with van der Waals surface area (Å²) in [4.78, 5) is 14.2. The summed E-state index contributed by atoms with van der Waals surface area (Å²) >= 11 is 0. The number of carbonyl (C=O) groups excluding carboxylic acids is 1. The minimum Gasteiger partial charge on any atom is -0.349 e. The summed E-state index contributed by atoms with van der Waals surface area (Å²) in [5.74, 6) is 0.610. The molecule has 1 aromatic rings. The second-order valence-electron chi connectivity index (χ2n) is 5.93. The summed E-state index contributed by atoms with van der Waals surface area (Å²) in [5, 5.41) is 2.57. The van der Waals surface area contributed by atoms with Gasteiger partial charge < -0.3 is 10.2 Å². The van der Waals surface area contributed by atoms with Crippen LogP contribution in [0.2, 0.25) is 0 Å². The second-order valence-corrected chi connectivity index (χ2v) is 5.93. The number of likely N-dealkylation sites (tertiary alicyclic amines) is 1. The third kappa shape index (κ3) is 5.12. The number of amides is 1. The molecule has 0 aromatic heterocycles. The summed E-state index contributed by atoms with van der Waals surface area (Å²) in [6.45, 7) is 1.94. The maximum Gasteiger partial charge on any atom is 0.251 e. The molecule has 0 aliphatic carbocycles. The van der Waals surface area contributed by atoms with Gasteiger partial charge in [0.15, 0.2) is 0 Å². The Morgan fingerprint density at radius 2 is 2.14 bits per heavy atom. The number of rotatable bonds is 6. The van der Waals surface area contributed by atoms with Crippen molar-refractivity contribution in [3.8, 4) is 0 Å². The Morgan fingerprint density at radius 1 is 1.38 bits per heavy atom. The summed E-state index contributed by atoms with van der Waals surface area (Å²) < 4.78 is 12.1. The average Bonchev–Trinajstić information content (AvgIpc) is 2.52. The molecule has 21 heavy (non-hydrogen) atoms. The predicted octanol–water partition coefficient (Wildman–Crippen LogP) is 2.66. The predicted molar refractivity (Wildman–Crippen MR) is 83.3 cm³/mol. The van der Waals surface area contributed by atoms with Gasteiger partial charge in [-0.1, -0.05) is 12.1 Å². The number of hydrogen-bond acceptors (Lipinski definition) is 2. The molecule has 1 saturated heterocycles. The molecule has 1 heterocycles. The zero-order valence-electron chi connectivity index (χ0n) is 12.8. The minimum absolute atomic E-state index is 0.0820. The average molecular weight is 292 g/mol. The molecule has 1 aromatic carbocycles. The number of benzene rings is 1. The van der Waals surface area contributed by atoms with Crippen molar-refractivity contribution < 1.29 is 9.18 Å². The first-order valence-corrected chi connectivity index (χ1v) is 7.80. The van der Waals surface area contributed by atoms with Gasteiger partial charge in [0.2, 0.25) is 0 Å². The SMILES string of the molecule is CN1CCC(CCc2cccc(C(=O)NCCF)c2)CC1. The molecule has 0 spiro atoms. The largest absolute Gasteiger partial charge is 0.349 e. The second kappa shape index (κ2) is 8.13. The van der Waals surface area contributed by atoms with Gasteiger partial charge in [0.05, 0.1) is 0 Å². The molecule has 4 heteroatoms. The van der Waals surface area contributed by atoms with Crippen molar-refractivity contribution in [1.82, 2.24) is 10.2 Å². The van der Waals surface area contributed by atoms with E-state index in [1.807, 2.05) is 12.1 Å². The molecular weight excluding hydrogens is 267 g/mol. The van der Waals surface area contributed by atoms with Crippen molar-refractivity contribution in [2.24, 2.45) is 5.92 Å². The van der Waals surface area contributed by atoms with E-state index in [1.54, 1.807) is 6.07 Å². The molecular formula is C17H25FN2O. The first-order valence-electron chi connectivity index (χ1n) is 7.80. The van der Waals surface area contributed by atoms with Crippen LogP contribution >= 0.6 is 0 Å². The lowest BCUT2D eigenvalue weighted by molar-refractivity contribution is 0.0950. The number of nitrogens with one attached hydrogen (secondary N) is 1. The molecule has 0 atom stereocenters. The van der Waals surface area contributed by atoms with E-state index in [0.717, 1.165) is 12.3 Å². The van der Waals surface area contributed by atoms with Gasteiger partial charge >= 0.3 is 0 Å². The first kappa shape index (κ1) is 16.0. The lowest BCUT2D eigenvalue weighted by atomic mass is 9.90. The number of nitrogens with zero attached hydrogens (tertiary/aromatic N) is 1. The minimum atomic E-state index is -0.526. The van der Waals surface area contributed by atoms with E-state index in [1.165, 1.54) is 37.9 Å². The summed E-state index contributed by atoms with van der Waals surface area (Å²) in [6.07, 6.45) is 4.74. The number of aryl methyl sites for hydroxylation is 1. The van der Waals surface area contributed by atoms with Crippen LogP contribution in [-0.4, -0.2) is 44.2 Å². The molecule has 0 unspecified atom stereocenters. The van der Waals surface area contributed by atoms with Gasteiger partial charge in [-0.25, -0.2) is 4.39 Å². The molecule has 1 aliphatic rings. The molecule has 1 fully saturated rings. The summed E-state index contributed by atoms with van der Waals surface area (Å²) in [7, 11) is 2.18. The maximum absolute atomic E-state index is 12.1. The van der Waals surface area contributed by atoms with Gasteiger partial charge in [0.25, 0.3) is 5.91 Å². The Morgan fingerprint density at radius 3 is 2.86 bits per heavy atom. The van der Waals surface area contributed by atoms with E-state index in [-0.39, 0.29) is 12.5 Å². The molecule has 2 rings (SSSR count). The Kier molecular flexibility index (Phi) is 6.18. The quantitative estimate of drug-likeness (QED) is 0.874. The van der Waals surface area contributed by atoms with Crippen molar-refractivity contribution in [3.63, 3.8) is 0 Å². The Hall–Kier alpha value is -1.42. The van der Waals surface area contributed by atoms with Crippen LogP contribution in [0.3, 0.4) is 0 Å². The van der Waals surface area contributed by atoms with Gasteiger partial charge in [-0.15, -0.1) is 0 Å². The molecule has 0 bridgehead atoms. The molecule has 1 N–H and O–H groups in total. The van der Waals surface area contributed by atoms with Crippen molar-refractivity contribution >= 4 is 5.91 Å². The highest BCUT2D eigenvalue weighted by Gasteiger charge is 2.16. The first-order chi connectivity index (χ1) is 10.2. The monoisotopic (exact) mass is 292 g/mol. The van der Waals surface area contributed by atoms with Crippen molar-refractivity contribution in [3.05, 3.63) is 35.4 Å². The third-order valence-electron chi connectivity index (χ3n) is 4.25. The zero-order valence-corrected chi connectivity index (χ0v) is 12.8. The number of piperidine rings is 1. The van der Waals surface area contributed by atoms with Gasteiger partial charge in [-0.3, -0.25) is 4.79 Å².